The molecule has 1 rings (SSSR count). The van der Waals surface area contributed by atoms with E-state index in [9.17, 15) is 8.42 Å². The lowest BCUT2D eigenvalue weighted by atomic mass is 10.0. The highest BCUT2D eigenvalue weighted by Gasteiger charge is 2.27. The highest BCUT2D eigenvalue weighted by Crippen LogP contribution is 2.22. The fraction of sp³-hybridized carbons (Fsp3) is 0.625. The molecule has 1 aromatic carbocycles. The zero-order valence-corrected chi connectivity index (χ0v) is 13.8. The molecule has 0 saturated carbocycles. The molecule has 2 atom stereocenters. The van der Waals surface area contributed by atoms with Crippen LogP contribution in [0.2, 0.25) is 0 Å². The van der Waals surface area contributed by atoms with E-state index in [1.807, 2.05) is 38.1 Å². The van der Waals surface area contributed by atoms with Gasteiger partial charge in [-0.05, 0) is 36.8 Å². The third-order valence-corrected chi connectivity index (χ3v) is 6.06. The quantitative estimate of drug-likeness (QED) is 0.841. The first-order valence-corrected chi connectivity index (χ1v) is 9.05. The van der Waals surface area contributed by atoms with Crippen LogP contribution in [-0.2, 0) is 16.3 Å². The molecule has 0 aromatic heterocycles. The number of sulfone groups is 1. The van der Waals surface area contributed by atoms with Crippen LogP contribution in [0.1, 0.15) is 51.3 Å². The molecule has 3 nitrogen and oxygen atoms in total. The molecule has 4 heteroatoms. The molecule has 1 aromatic rings. The van der Waals surface area contributed by atoms with Crippen LogP contribution < -0.4 is 5.73 Å². The predicted octanol–water partition coefficient (Wildman–Crippen LogP) is 3.10. The third kappa shape index (κ3) is 4.60. The van der Waals surface area contributed by atoms with Gasteiger partial charge in [-0.25, -0.2) is 8.42 Å². The topological polar surface area (TPSA) is 60.2 Å². The molecule has 20 heavy (non-hydrogen) atoms. The Bertz CT molecular complexity index is 506. The van der Waals surface area contributed by atoms with Gasteiger partial charge >= 0.3 is 0 Å². The average molecular weight is 297 g/mol. The molecule has 0 aliphatic carbocycles. The SMILES string of the molecule is CCc1ccc(C(N)C(C)S(=O)(=O)CCC(C)C)cc1. The first kappa shape index (κ1) is 17.2. The van der Waals surface area contributed by atoms with Gasteiger partial charge in [-0.15, -0.1) is 0 Å². The van der Waals surface area contributed by atoms with E-state index in [1.54, 1.807) is 6.92 Å². The van der Waals surface area contributed by atoms with Crippen molar-refractivity contribution in [3.8, 4) is 0 Å². The Balaban J connectivity index is 2.81. The van der Waals surface area contributed by atoms with Gasteiger partial charge in [-0.2, -0.15) is 0 Å². The van der Waals surface area contributed by atoms with Crippen LogP contribution in [-0.4, -0.2) is 19.4 Å². The number of hydrogen-bond acceptors (Lipinski definition) is 3. The molecular formula is C16H27NO2S. The minimum absolute atomic E-state index is 0.215. The van der Waals surface area contributed by atoms with Gasteiger partial charge in [-0.3, -0.25) is 0 Å². The molecule has 0 aliphatic rings. The fourth-order valence-corrected chi connectivity index (χ4v) is 3.83. The molecule has 0 fully saturated rings. The summed E-state index contributed by atoms with van der Waals surface area (Å²) in [6.07, 6.45) is 1.66. The lowest BCUT2D eigenvalue weighted by Crippen LogP contribution is -2.33. The van der Waals surface area contributed by atoms with Crippen molar-refractivity contribution in [1.82, 2.24) is 0 Å². The number of rotatable bonds is 7. The summed E-state index contributed by atoms with van der Waals surface area (Å²) in [5.41, 5.74) is 8.27. The van der Waals surface area contributed by atoms with Crippen molar-refractivity contribution in [3.05, 3.63) is 35.4 Å². The molecule has 0 saturated heterocycles. The van der Waals surface area contributed by atoms with Crippen molar-refractivity contribution in [2.45, 2.75) is 51.8 Å². The van der Waals surface area contributed by atoms with Crippen LogP contribution in [0.3, 0.4) is 0 Å². The summed E-state index contributed by atoms with van der Waals surface area (Å²) in [6, 6.07) is 7.46. The van der Waals surface area contributed by atoms with E-state index in [4.69, 9.17) is 5.73 Å². The van der Waals surface area contributed by atoms with Gasteiger partial charge in [0.1, 0.15) is 0 Å². The monoisotopic (exact) mass is 297 g/mol. The Hall–Kier alpha value is -0.870. The van der Waals surface area contributed by atoms with Gasteiger partial charge in [0.15, 0.2) is 9.84 Å². The molecule has 0 bridgehead atoms. The van der Waals surface area contributed by atoms with Crippen molar-refractivity contribution >= 4 is 9.84 Å². The second kappa shape index (κ2) is 7.23. The van der Waals surface area contributed by atoms with Crippen LogP contribution in [0, 0.1) is 5.92 Å². The van der Waals surface area contributed by atoms with Crippen LogP contribution in [0.25, 0.3) is 0 Å². The number of aryl methyl sites for hydroxylation is 1. The standard InChI is InChI=1S/C16H27NO2S/c1-5-14-6-8-15(9-7-14)16(17)13(4)20(18,19)11-10-12(2)3/h6-9,12-13,16H,5,10-11,17H2,1-4H3. The second-order valence-electron chi connectivity index (χ2n) is 5.88. The molecule has 0 amide bonds. The maximum absolute atomic E-state index is 12.3. The summed E-state index contributed by atoms with van der Waals surface area (Å²) in [7, 11) is -3.14. The van der Waals surface area contributed by atoms with E-state index in [0.717, 1.165) is 12.0 Å². The normalized spacial score (nSPS) is 15.3. The first-order chi connectivity index (χ1) is 9.27. The molecule has 0 heterocycles. The smallest absolute Gasteiger partial charge is 0.154 e. The molecule has 0 aliphatic heterocycles. The van der Waals surface area contributed by atoms with Gasteiger partial charge in [0.25, 0.3) is 0 Å². The van der Waals surface area contributed by atoms with Crippen molar-refractivity contribution in [2.75, 3.05) is 5.75 Å². The van der Waals surface area contributed by atoms with Crippen LogP contribution in [0.15, 0.2) is 24.3 Å². The average Bonchev–Trinajstić information content (AvgIpc) is 2.43. The maximum Gasteiger partial charge on any atom is 0.154 e. The van der Waals surface area contributed by atoms with Crippen molar-refractivity contribution in [3.63, 3.8) is 0 Å². The Labute approximate surface area is 123 Å². The zero-order valence-electron chi connectivity index (χ0n) is 13.0. The molecular weight excluding hydrogens is 270 g/mol. The summed E-state index contributed by atoms with van der Waals surface area (Å²) >= 11 is 0. The van der Waals surface area contributed by atoms with Gasteiger partial charge < -0.3 is 5.73 Å². The number of nitrogens with two attached hydrogens (primary N) is 1. The van der Waals surface area contributed by atoms with Gasteiger partial charge in [0, 0.05) is 6.04 Å². The van der Waals surface area contributed by atoms with Crippen LogP contribution in [0.5, 0.6) is 0 Å². The molecule has 0 radical (unpaired) electrons. The molecule has 2 N–H and O–H groups in total. The third-order valence-electron chi connectivity index (χ3n) is 3.82. The highest BCUT2D eigenvalue weighted by atomic mass is 32.2. The number of benzene rings is 1. The summed E-state index contributed by atoms with van der Waals surface area (Å²) in [6.45, 7) is 7.87. The molecule has 0 spiro atoms. The summed E-state index contributed by atoms with van der Waals surface area (Å²) in [4.78, 5) is 0. The predicted molar refractivity (Wildman–Crippen MR) is 85.5 cm³/mol. The van der Waals surface area contributed by atoms with Gasteiger partial charge in [0.2, 0.25) is 0 Å². The van der Waals surface area contributed by atoms with Gasteiger partial charge in [-0.1, -0.05) is 45.0 Å². The van der Waals surface area contributed by atoms with E-state index >= 15 is 0 Å². The summed E-state index contributed by atoms with van der Waals surface area (Å²) in [5, 5.41) is -0.547. The molecule has 114 valence electrons. The van der Waals surface area contributed by atoms with E-state index in [0.29, 0.717) is 12.3 Å². The van der Waals surface area contributed by atoms with E-state index < -0.39 is 21.1 Å². The fourth-order valence-electron chi connectivity index (χ4n) is 2.06. The van der Waals surface area contributed by atoms with Crippen molar-refractivity contribution < 1.29 is 8.42 Å². The second-order valence-corrected chi connectivity index (χ2v) is 8.35. The van der Waals surface area contributed by atoms with Crippen molar-refractivity contribution in [2.24, 2.45) is 11.7 Å². The van der Waals surface area contributed by atoms with E-state index in [-0.39, 0.29) is 5.75 Å². The van der Waals surface area contributed by atoms with Crippen molar-refractivity contribution in [1.29, 1.82) is 0 Å². The summed E-state index contributed by atoms with van der Waals surface area (Å²) in [5.74, 6) is 0.601. The first-order valence-electron chi connectivity index (χ1n) is 7.34. The Morgan fingerprint density at radius 2 is 1.65 bits per heavy atom. The summed E-state index contributed by atoms with van der Waals surface area (Å²) < 4.78 is 24.6. The van der Waals surface area contributed by atoms with Gasteiger partial charge in [0.05, 0.1) is 11.0 Å². The number of hydrogen-bond donors (Lipinski definition) is 1. The van der Waals surface area contributed by atoms with Crippen LogP contribution >= 0.6 is 0 Å². The lowest BCUT2D eigenvalue weighted by molar-refractivity contribution is 0.549. The van der Waals surface area contributed by atoms with Crippen LogP contribution in [0.4, 0.5) is 0 Å². The minimum atomic E-state index is -3.14. The zero-order chi connectivity index (χ0) is 15.3. The Kier molecular flexibility index (Phi) is 6.21. The maximum atomic E-state index is 12.3. The van der Waals surface area contributed by atoms with E-state index in [2.05, 4.69) is 6.92 Å². The lowest BCUT2D eigenvalue weighted by Gasteiger charge is -2.21. The minimum Gasteiger partial charge on any atom is -0.323 e. The largest absolute Gasteiger partial charge is 0.323 e. The highest BCUT2D eigenvalue weighted by molar-refractivity contribution is 7.92. The Morgan fingerprint density at radius 3 is 2.10 bits per heavy atom. The van der Waals surface area contributed by atoms with E-state index in [1.165, 1.54) is 5.56 Å². The Morgan fingerprint density at radius 1 is 1.10 bits per heavy atom. The molecule has 2 unspecified atom stereocenters.